The van der Waals surface area contributed by atoms with E-state index in [1.807, 2.05) is 12.1 Å². The maximum atomic E-state index is 11.4. The average molecular weight is 354 g/mol. The molecule has 1 atom stereocenters. The lowest BCUT2D eigenvalue weighted by Crippen LogP contribution is -2.25. The van der Waals surface area contributed by atoms with Crippen molar-refractivity contribution in [2.24, 2.45) is 0 Å². The highest BCUT2D eigenvalue weighted by atomic mass is 79.9. The highest BCUT2D eigenvalue weighted by Gasteiger charge is 2.17. The Hall–Kier alpha value is -1.03. The molecule has 0 saturated carbocycles. The molecule has 1 N–H and O–H groups in total. The van der Waals surface area contributed by atoms with Gasteiger partial charge in [0.1, 0.15) is 5.75 Å². The van der Waals surface area contributed by atoms with Crippen LogP contribution in [0.3, 0.4) is 0 Å². The molecule has 3 nitrogen and oxygen atoms in total. The summed E-state index contributed by atoms with van der Waals surface area (Å²) in [5, 5.41) is 2.86. The molecular formula is C17H24BrNO2. The summed E-state index contributed by atoms with van der Waals surface area (Å²) in [5.74, 6) is 0.680. The summed E-state index contributed by atoms with van der Waals surface area (Å²) in [6.07, 6.45) is 8.99. The molecule has 1 aliphatic rings. The first-order valence-corrected chi connectivity index (χ1v) is 8.83. The monoisotopic (exact) mass is 353 g/mol. The van der Waals surface area contributed by atoms with E-state index in [0.29, 0.717) is 4.83 Å². The number of fused-ring (bicyclic) bond motifs is 1. The summed E-state index contributed by atoms with van der Waals surface area (Å²) in [5.41, 5.74) is 1.99. The number of nitrogens with one attached hydrogen (secondary N) is 1. The molecule has 1 heterocycles. The molecule has 0 fully saturated rings. The fourth-order valence-electron chi connectivity index (χ4n) is 2.57. The molecule has 1 aliphatic heterocycles. The lowest BCUT2D eigenvalue weighted by molar-refractivity contribution is -0.118. The normalized spacial score (nSPS) is 15.0. The van der Waals surface area contributed by atoms with Crippen molar-refractivity contribution in [1.82, 2.24) is 0 Å². The number of halogens is 1. The number of anilines is 1. The maximum Gasteiger partial charge on any atom is 0.262 e. The molecule has 4 heteroatoms. The maximum absolute atomic E-state index is 11.4. The predicted octanol–water partition coefficient (Wildman–Crippen LogP) is 5.20. The first-order chi connectivity index (χ1) is 10.2. The largest absolute Gasteiger partial charge is 0.482 e. The van der Waals surface area contributed by atoms with Gasteiger partial charge in [0, 0.05) is 4.83 Å². The predicted molar refractivity (Wildman–Crippen MR) is 90.2 cm³/mol. The van der Waals surface area contributed by atoms with Crippen LogP contribution in [0.2, 0.25) is 0 Å². The van der Waals surface area contributed by atoms with E-state index in [1.165, 1.54) is 44.1 Å². The summed E-state index contributed by atoms with van der Waals surface area (Å²) in [6.45, 7) is 2.36. The van der Waals surface area contributed by atoms with E-state index in [4.69, 9.17) is 4.74 Å². The van der Waals surface area contributed by atoms with Crippen LogP contribution in [-0.4, -0.2) is 12.5 Å². The number of rotatable bonds is 8. The van der Waals surface area contributed by atoms with Crippen molar-refractivity contribution < 1.29 is 9.53 Å². The number of carbonyl (C=O) groups excluding carboxylic acids is 1. The Morgan fingerprint density at radius 3 is 2.81 bits per heavy atom. The molecule has 0 spiro atoms. The molecule has 21 heavy (non-hydrogen) atoms. The van der Waals surface area contributed by atoms with Crippen LogP contribution >= 0.6 is 15.9 Å². The Morgan fingerprint density at radius 2 is 2.00 bits per heavy atom. The second kappa shape index (κ2) is 8.42. The lowest BCUT2D eigenvalue weighted by atomic mass is 10.0. The molecule has 1 aromatic carbocycles. The first kappa shape index (κ1) is 16.3. The van der Waals surface area contributed by atoms with Crippen molar-refractivity contribution in [3.05, 3.63) is 23.8 Å². The van der Waals surface area contributed by atoms with Crippen molar-refractivity contribution in [2.45, 2.75) is 56.7 Å². The van der Waals surface area contributed by atoms with E-state index < -0.39 is 0 Å². The zero-order valence-corrected chi connectivity index (χ0v) is 14.2. The van der Waals surface area contributed by atoms with Gasteiger partial charge in [0.2, 0.25) is 0 Å². The van der Waals surface area contributed by atoms with Crippen LogP contribution in [0.5, 0.6) is 5.75 Å². The fourth-order valence-corrected chi connectivity index (χ4v) is 3.17. The zero-order valence-electron chi connectivity index (χ0n) is 12.7. The third-order valence-corrected chi connectivity index (χ3v) is 4.80. The minimum atomic E-state index is -0.0818. The number of ether oxygens (including phenoxy) is 1. The lowest BCUT2D eigenvalue weighted by Gasteiger charge is -2.20. The quantitative estimate of drug-likeness (QED) is 0.514. The minimum absolute atomic E-state index is 0.0818. The number of benzene rings is 1. The third-order valence-electron chi connectivity index (χ3n) is 3.81. The summed E-state index contributed by atoms with van der Waals surface area (Å²) in [7, 11) is 0. The molecule has 1 unspecified atom stereocenters. The van der Waals surface area contributed by atoms with Crippen molar-refractivity contribution in [3.8, 4) is 5.75 Å². The van der Waals surface area contributed by atoms with Gasteiger partial charge in [-0.3, -0.25) is 4.79 Å². The van der Waals surface area contributed by atoms with Gasteiger partial charge in [-0.1, -0.05) is 67.4 Å². The minimum Gasteiger partial charge on any atom is -0.482 e. The summed E-state index contributed by atoms with van der Waals surface area (Å²) < 4.78 is 5.38. The first-order valence-electron chi connectivity index (χ1n) is 7.91. The number of hydrogen-bond acceptors (Lipinski definition) is 2. The Morgan fingerprint density at radius 1 is 1.24 bits per heavy atom. The van der Waals surface area contributed by atoms with Crippen LogP contribution in [0.4, 0.5) is 5.69 Å². The van der Waals surface area contributed by atoms with Crippen LogP contribution in [0.1, 0.15) is 62.3 Å². The Labute approximate surface area is 135 Å². The molecular weight excluding hydrogens is 330 g/mol. The zero-order chi connectivity index (χ0) is 15.1. The molecule has 0 radical (unpaired) electrons. The molecule has 116 valence electrons. The van der Waals surface area contributed by atoms with Gasteiger partial charge in [-0.2, -0.15) is 0 Å². The average Bonchev–Trinajstić information content (AvgIpc) is 2.49. The van der Waals surface area contributed by atoms with Gasteiger partial charge < -0.3 is 10.1 Å². The number of carbonyl (C=O) groups is 1. The Balaban J connectivity index is 1.81. The highest BCUT2D eigenvalue weighted by molar-refractivity contribution is 9.09. The molecule has 0 aliphatic carbocycles. The molecule has 0 bridgehead atoms. The second-order valence-corrected chi connectivity index (χ2v) is 6.72. The van der Waals surface area contributed by atoms with Gasteiger partial charge in [-0.15, -0.1) is 0 Å². The van der Waals surface area contributed by atoms with E-state index in [-0.39, 0.29) is 12.5 Å². The van der Waals surface area contributed by atoms with Gasteiger partial charge in [0.15, 0.2) is 6.61 Å². The summed E-state index contributed by atoms with van der Waals surface area (Å²) in [6, 6.07) is 6.04. The SMILES string of the molecule is CCCCCCCCC(Br)c1ccc2c(c1)NC(=O)CO2. The molecule has 2 rings (SSSR count). The Bertz CT molecular complexity index is 476. The van der Waals surface area contributed by atoms with E-state index in [1.54, 1.807) is 0 Å². The van der Waals surface area contributed by atoms with Gasteiger partial charge in [0.25, 0.3) is 5.91 Å². The van der Waals surface area contributed by atoms with Gasteiger partial charge in [-0.25, -0.2) is 0 Å². The van der Waals surface area contributed by atoms with E-state index in [9.17, 15) is 4.79 Å². The smallest absolute Gasteiger partial charge is 0.262 e. The number of hydrogen-bond donors (Lipinski definition) is 1. The number of amides is 1. The standard InChI is InChI=1S/C17H24BrNO2/c1-2-3-4-5-6-7-8-14(18)13-9-10-16-15(11-13)19-17(20)12-21-16/h9-11,14H,2-8,12H2,1H3,(H,19,20). The van der Waals surface area contributed by atoms with Gasteiger partial charge in [-0.05, 0) is 24.1 Å². The summed E-state index contributed by atoms with van der Waals surface area (Å²) >= 11 is 3.76. The second-order valence-electron chi connectivity index (χ2n) is 5.62. The van der Waals surface area contributed by atoms with Crippen molar-refractivity contribution in [2.75, 3.05) is 11.9 Å². The Kier molecular flexibility index (Phi) is 6.55. The molecule has 0 aromatic heterocycles. The van der Waals surface area contributed by atoms with Crippen LogP contribution in [-0.2, 0) is 4.79 Å². The van der Waals surface area contributed by atoms with Crippen LogP contribution in [0.15, 0.2) is 18.2 Å². The van der Waals surface area contributed by atoms with Crippen molar-refractivity contribution in [1.29, 1.82) is 0 Å². The van der Waals surface area contributed by atoms with E-state index in [2.05, 4.69) is 34.2 Å². The van der Waals surface area contributed by atoms with Crippen LogP contribution in [0, 0.1) is 0 Å². The van der Waals surface area contributed by atoms with Crippen molar-refractivity contribution >= 4 is 27.5 Å². The number of alkyl halides is 1. The third kappa shape index (κ3) is 5.03. The van der Waals surface area contributed by atoms with E-state index >= 15 is 0 Å². The number of unbranched alkanes of at least 4 members (excludes halogenated alkanes) is 5. The van der Waals surface area contributed by atoms with Crippen molar-refractivity contribution in [3.63, 3.8) is 0 Å². The molecule has 0 saturated heterocycles. The van der Waals surface area contributed by atoms with Crippen LogP contribution in [0.25, 0.3) is 0 Å². The molecule has 1 amide bonds. The topological polar surface area (TPSA) is 38.3 Å². The van der Waals surface area contributed by atoms with E-state index in [0.717, 1.165) is 17.9 Å². The van der Waals surface area contributed by atoms with Crippen LogP contribution < -0.4 is 10.1 Å². The fraction of sp³-hybridized carbons (Fsp3) is 0.588. The van der Waals surface area contributed by atoms with Gasteiger partial charge >= 0.3 is 0 Å². The molecule has 1 aromatic rings. The summed E-state index contributed by atoms with van der Waals surface area (Å²) in [4.78, 5) is 11.7. The highest BCUT2D eigenvalue weighted by Crippen LogP contribution is 2.35. The van der Waals surface area contributed by atoms with Gasteiger partial charge in [0.05, 0.1) is 5.69 Å².